The van der Waals surface area contributed by atoms with E-state index in [0.29, 0.717) is 6.42 Å². The van der Waals surface area contributed by atoms with Crippen molar-refractivity contribution in [1.29, 1.82) is 5.41 Å². The van der Waals surface area contributed by atoms with Crippen LogP contribution in [0.5, 0.6) is 5.75 Å². The Labute approximate surface area is 94.3 Å². The van der Waals surface area contributed by atoms with Crippen molar-refractivity contribution in [3.8, 4) is 5.75 Å². The molecule has 0 aliphatic carbocycles. The van der Waals surface area contributed by atoms with Crippen molar-refractivity contribution in [2.45, 2.75) is 24.7 Å². The number of rotatable bonds is 4. The van der Waals surface area contributed by atoms with Gasteiger partial charge in [-0.3, -0.25) is 9.96 Å². The summed E-state index contributed by atoms with van der Waals surface area (Å²) in [7, 11) is -4.32. The maximum absolute atomic E-state index is 11.0. The van der Waals surface area contributed by atoms with Crippen LogP contribution in [0, 0.1) is 5.41 Å². The van der Waals surface area contributed by atoms with Gasteiger partial charge in [-0.05, 0) is 18.6 Å². The molecular formula is C10H13NO4S. The predicted octanol–water partition coefficient (Wildman–Crippen LogP) is 2.09. The first-order valence-corrected chi connectivity index (χ1v) is 6.21. The molecule has 6 heteroatoms. The average Bonchev–Trinajstić information content (AvgIpc) is 2.17. The van der Waals surface area contributed by atoms with Gasteiger partial charge in [-0.2, -0.15) is 8.42 Å². The van der Waals surface area contributed by atoms with Crippen molar-refractivity contribution in [1.82, 2.24) is 0 Å². The van der Waals surface area contributed by atoms with E-state index < -0.39 is 10.1 Å². The summed E-state index contributed by atoms with van der Waals surface area (Å²) >= 11 is 0. The molecule has 0 aromatic heterocycles. The van der Waals surface area contributed by atoms with Gasteiger partial charge in [0.05, 0.1) is 0 Å². The van der Waals surface area contributed by atoms with Crippen LogP contribution < -0.4 is 4.74 Å². The summed E-state index contributed by atoms with van der Waals surface area (Å²) in [5.41, 5.74) is 0. The molecule has 1 aromatic carbocycles. The Morgan fingerprint density at radius 1 is 1.44 bits per heavy atom. The third kappa shape index (κ3) is 3.32. The highest BCUT2D eigenvalue weighted by atomic mass is 32.2. The number of para-hydroxylation sites is 1. The van der Waals surface area contributed by atoms with Crippen LogP contribution in [0.1, 0.15) is 19.8 Å². The Hall–Kier alpha value is -1.40. The Balaban J connectivity index is 3.01. The number of nitrogens with one attached hydrogen (secondary N) is 1. The topological polar surface area (TPSA) is 87.5 Å². The predicted molar refractivity (Wildman–Crippen MR) is 59.5 cm³/mol. The minimum atomic E-state index is -4.32. The van der Waals surface area contributed by atoms with E-state index in [-0.39, 0.29) is 16.5 Å². The lowest BCUT2D eigenvalue weighted by atomic mass is 10.3. The van der Waals surface area contributed by atoms with Crippen molar-refractivity contribution in [2.24, 2.45) is 0 Å². The molecule has 2 N–H and O–H groups in total. The molecule has 0 radical (unpaired) electrons. The first kappa shape index (κ1) is 12.7. The first-order valence-electron chi connectivity index (χ1n) is 4.77. The van der Waals surface area contributed by atoms with Gasteiger partial charge >= 0.3 is 0 Å². The van der Waals surface area contributed by atoms with E-state index in [1.54, 1.807) is 6.07 Å². The van der Waals surface area contributed by atoms with E-state index in [0.717, 1.165) is 6.42 Å². The summed E-state index contributed by atoms with van der Waals surface area (Å²) in [5, 5.41) is 7.43. The minimum absolute atomic E-state index is 0.0246. The summed E-state index contributed by atoms with van der Waals surface area (Å²) in [6, 6.07) is 5.67. The second kappa shape index (κ2) is 5.09. The molecule has 0 spiro atoms. The van der Waals surface area contributed by atoms with Crippen LogP contribution >= 0.6 is 0 Å². The van der Waals surface area contributed by atoms with E-state index in [1.807, 2.05) is 6.92 Å². The van der Waals surface area contributed by atoms with Crippen LogP contribution in [-0.4, -0.2) is 18.9 Å². The molecule has 0 saturated heterocycles. The second-order valence-electron chi connectivity index (χ2n) is 3.20. The van der Waals surface area contributed by atoms with E-state index in [2.05, 4.69) is 0 Å². The van der Waals surface area contributed by atoms with Crippen LogP contribution in [0.15, 0.2) is 29.2 Å². The third-order valence-corrected chi connectivity index (χ3v) is 2.73. The van der Waals surface area contributed by atoms with E-state index in [9.17, 15) is 8.42 Å². The highest BCUT2D eigenvalue weighted by Gasteiger charge is 2.16. The van der Waals surface area contributed by atoms with E-state index >= 15 is 0 Å². The summed E-state index contributed by atoms with van der Waals surface area (Å²) < 4.78 is 36.0. The third-order valence-electron chi connectivity index (χ3n) is 1.84. The van der Waals surface area contributed by atoms with Gasteiger partial charge in [0, 0.05) is 6.42 Å². The summed E-state index contributed by atoms with van der Waals surface area (Å²) in [6.07, 6.45) is 1.15. The van der Waals surface area contributed by atoms with Crippen LogP contribution in [0.2, 0.25) is 0 Å². The smallest absolute Gasteiger partial charge is 0.298 e. The summed E-state index contributed by atoms with van der Waals surface area (Å²) in [5.74, 6) is -0.0537. The molecule has 0 aliphatic heterocycles. The Morgan fingerprint density at radius 3 is 2.62 bits per heavy atom. The van der Waals surface area contributed by atoms with Gasteiger partial charge in [-0.15, -0.1) is 0 Å². The lowest BCUT2D eigenvalue weighted by molar-refractivity contribution is 0.468. The van der Waals surface area contributed by atoms with Crippen molar-refractivity contribution >= 4 is 16.0 Å². The standard InChI is InChI=1S/C10H13NO4S/c1-2-5-10(11)15-8-6-3-4-7-9(8)16(12,13)14/h3-4,6-7,11H,2,5H2,1H3,(H,12,13,14). The monoisotopic (exact) mass is 243 g/mol. The molecule has 0 amide bonds. The average molecular weight is 243 g/mol. The van der Waals surface area contributed by atoms with Crippen molar-refractivity contribution in [2.75, 3.05) is 0 Å². The molecule has 0 bridgehead atoms. The molecule has 0 unspecified atom stereocenters. The van der Waals surface area contributed by atoms with Gasteiger partial charge in [-0.1, -0.05) is 19.1 Å². The lowest BCUT2D eigenvalue weighted by Gasteiger charge is -2.08. The maximum Gasteiger partial charge on any atom is 0.298 e. The fraction of sp³-hybridized carbons (Fsp3) is 0.300. The van der Waals surface area contributed by atoms with Gasteiger partial charge in [0.2, 0.25) is 0 Å². The fourth-order valence-corrected chi connectivity index (χ4v) is 1.77. The highest BCUT2D eigenvalue weighted by Crippen LogP contribution is 2.23. The van der Waals surface area contributed by atoms with Crippen molar-refractivity contribution in [3.63, 3.8) is 0 Å². The molecule has 1 aromatic rings. The summed E-state index contributed by atoms with van der Waals surface area (Å²) in [4.78, 5) is -0.323. The normalized spacial score (nSPS) is 11.1. The van der Waals surface area contributed by atoms with Gasteiger partial charge in [0.25, 0.3) is 10.1 Å². The van der Waals surface area contributed by atoms with Crippen molar-refractivity contribution in [3.05, 3.63) is 24.3 Å². The molecule has 1 rings (SSSR count). The SMILES string of the molecule is CCCC(=N)Oc1ccccc1S(=O)(=O)O. The number of hydrogen-bond donors (Lipinski definition) is 2. The van der Waals surface area contributed by atoms with E-state index in [1.165, 1.54) is 18.2 Å². The van der Waals surface area contributed by atoms with Gasteiger partial charge in [0.1, 0.15) is 10.6 Å². The van der Waals surface area contributed by atoms with Crippen molar-refractivity contribution < 1.29 is 17.7 Å². The summed E-state index contributed by atoms with van der Waals surface area (Å²) in [6.45, 7) is 1.88. The Bertz CT molecular complexity index is 481. The molecule has 0 fully saturated rings. The molecular weight excluding hydrogens is 230 g/mol. The molecule has 0 atom stereocenters. The van der Waals surface area contributed by atoms with E-state index in [4.69, 9.17) is 14.7 Å². The fourth-order valence-electron chi connectivity index (χ4n) is 1.16. The zero-order chi connectivity index (χ0) is 12.2. The van der Waals surface area contributed by atoms with Gasteiger partial charge < -0.3 is 4.74 Å². The first-order chi connectivity index (χ1) is 7.45. The van der Waals surface area contributed by atoms with Crippen LogP contribution in [0.4, 0.5) is 0 Å². The van der Waals surface area contributed by atoms with Crippen LogP contribution in [-0.2, 0) is 10.1 Å². The quantitative estimate of drug-likeness (QED) is 0.481. The molecule has 88 valence electrons. The van der Waals surface area contributed by atoms with Crippen LogP contribution in [0.25, 0.3) is 0 Å². The largest absolute Gasteiger partial charge is 0.442 e. The molecule has 16 heavy (non-hydrogen) atoms. The zero-order valence-electron chi connectivity index (χ0n) is 8.80. The second-order valence-corrected chi connectivity index (χ2v) is 4.59. The minimum Gasteiger partial charge on any atom is -0.442 e. The zero-order valence-corrected chi connectivity index (χ0v) is 9.62. The number of benzene rings is 1. The Morgan fingerprint density at radius 2 is 2.06 bits per heavy atom. The maximum atomic E-state index is 11.0. The molecule has 5 nitrogen and oxygen atoms in total. The highest BCUT2D eigenvalue weighted by molar-refractivity contribution is 7.86. The number of hydrogen-bond acceptors (Lipinski definition) is 4. The lowest BCUT2D eigenvalue weighted by Crippen LogP contribution is -2.09. The molecule has 0 heterocycles. The Kier molecular flexibility index (Phi) is 4.03. The van der Waals surface area contributed by atoms with Crippen LogP contribution in [0.3, 0.4) is 0 Å². The number of ether oxygens (including phenoxy) is 1. The molecule has 0 aliphatic rings. The van der Waals surface area contributed by atoms with Gasteiger partial charge in [-0.25, -0.2) is 0 Å². The van der Waals surface area contributed by atoms with Gasteiger partial charge in [0.15, 0.2) is 5.90 Å². The molecule has 0 saturated carbocycles.